The number of Topliss-reactive ketones (excluding diaryl/α,β-unsaturated/α-hetero) is 1. The highest BCUT2D eigenvalue weighted by molar-refractivity contribution is 6.46. The van der Waals surface area contributed by atoms with E-state index in [4.69, 9.17) is 9.47 Å². The zero-order chi connectivity index (χ0) is 27.2. The smallest absolute Gasteiger partial charge is 0.338 e. The lowest BCUT2D eigenvalue weighted by Gasteiger charge is -2.25. The molecule has 8 heteroatoms. The lowest BCUT2D eigenvalue weighted by atomic mass is 9.96. The number of esters is 1. The van der Waals surface area contributed by atoms with Gasteiger partial charge in [0.15, 0.2) is 0 Å². The van der Waals surface area contributed by atoms with Crippen LogP contribution in [0.15, 0.2) is 78.6 Å². The summed E-state index contributed by atoms with van der Waals surface area (Å²) in [4.78, 5) is 44.2. The zero-order valence-electron chi connectivity index (χ0n) is 21.6. The number of ether oxygens (including phenoxy) is 2. The van der Waals surface area contributed by atoms with Gasteiger partial charge >= 0.3 is 5.97 Å². The normalized spacial score (nSPS) is 16.6. The van der Waals surface area contributed by atoms with Gasteiger partial charge in [0.25, 0.3) is 11.7 Å². The molecule has 1 atom stereocenters. The molecule has 1 aliphatic heterocycles. The largest absolute Gasteiger partial charge is 0.507 e. The summed E-state index contributed by atoms with van der Waals surface area (Å²) in [6, 6.07) is 16.0. The first-order chi connectivity index (χ1) is 18.3. The average Bonchev–Trinajstić information content (AvgIpc) is 3.17. The second kappa shape index (κ2) is 11.7. The maximum absolute atomic E-state index is 13.2. The van der Waals surface area contributed by atoms with Crippen LogP contribution in [0.2, 0.25) is 0 Å². The number of hydrogen-bond donors (Lipinski definition) is 1. The molecule has 38 heavy (non-hydrogen) atoms. The summed E-state index contributed by atoms with van der Waals surface area (Å²) in [5.74, 6) is -1.57. The minimum absolute atomic E-state index is 0.0126. The van der Waals surface area contributed by atoms with Gasteiger partial charge in [0.2, 0.25) is 0 Å². The van der Waals surface area contributed by atoms with Crippen LogP contribution >= 0.6 is 0 Å². The number of aromatic nitrogens is 1. The van der Waals surface area contributed by atoms with Gasteiger partial charge in [-0.25, -0.2) is 4.79 Å². The standard InChI is InChI=1S/C30H30N2O6/c1-4-16-37-30(36)22-9-7-20(8-10-22)18-32-26(23-6-5-15-31-17-23)25(28(34)29(32)35)27(33)21-11-13-24(14-12-21)38-19(2)3/h5-15,17,19,26,33H,4,16,18H2,1-3H3/b27-25+. The lowest BCUT2D eigenvalue weighted by molar-refractivity contribution is -0.140. The van der Waals surface area contributed by atoms with Crippen LogP contribution in [0.3, 0.4) is 0 Å². The van der Waals surface area contributed by atoms with E-state index in [0.29, 0.717) is 34.6 Å². The molecule has 0 saturated carbocycles. The van der Waals surface area contributed by atoms with Crippen molar-refractivity contribution in [3.8, 4) is 5.75 Å². The topological polar surface area (TPSA) is 106 Å². The molecule has 2 heterocycles. The van der Waals surface area contributed by atoms with Gasteiger partial charge < -0.3 is 19.5 Å². The number of likely N-dealkylation sites (tertiary alicyclic amines) is 1. The molecule has 3 aromatic rings. The number of amides is 1. The van der Waals surface area contributed by atoms with Crippen LogP contribution < -0.4 is 4.74 Å². The minimum atomic E-state index is -0.843. The van der Waals surface area contributed by atoms with Crippen LogP contribution in [-0.2, 0) is 20.9 Å². The van der Waals surface area contributed by atoms with E-state index in [1.807, 2.05) is 20.8 Å². The third-order valence-electron chi connectivity index (χ3n) is 6.02. The van der Waals surface area contributed by atoms with Crippen molar-refractivity contribution >= 4 is 23.4 Å². The predicted molar refractivity (Wildman–Crippen MR) is 141 cm³/mol. The van der Waals surface area contributed by atoms with Crippen LogP contribution in [0.5, 0.6) is 5.75 Å². The Hall–Kier alpha value is -4.46. The molecule has 1 saturated heterocycles. The van der Waals surface area contributed by atoms with Crippen LogP contribution in [-0.4, -0.2) is 45.4 Å². The van der Waals surface area contributed by atoms with E-state index >= 15 is 0 Å². The number of pyridine rings is 1. The first-order valence-corrected chi connectivity index (χ1v) is 12.5. The van der Waals surface area contributed by atoms with Crippen molar-refractivity contribution < 1.29 is 29.0 Å². The molecule has 1 unspecified atom stereocenters. The zero-order valence-corrected chi connectivity index (χ0v) is 21.6. The number of rotatable bonds is 9. The van der Waals surface area contributed by atoms with Crippen LogP contribution in [0.4, 0.5) is 0 Å². The third kappa shape index (κ3) is 5.75. The molecular formula is C30H30N2O6. The third-order valence-corrected chi connectivity index (χ3v) is 6.02. The highest BCUT2D eigenvalue weighted by atomic mass is 16.5. The van der Waals surface area contributed by atoms with Crippen molar-refractivity contribution in [3.05, 3.63) is 101 Å². The first-order valence-electron chi connectivity index (χ1n) is 12.5. The summed E-state index contributed by atoms with van der Waals surface area (Å²) in [5, 5.41) is 11.2. The molecule has 0 radical (unpaired) electrons. The fourth-order valence-corrected chi connectivity index (χ4v) is 4.27. The number of hydrogen-bond acceptors (Lipinski definition) is 7. The Bertz CT molecular complexity index is 1330. The van der Waals surface area contributed by atoms with E-state index in [2.05, 4.69) is 4.98 Å². The maximum Gasteiger partial charge on any atom is 0.338 e. The fourth-order valence-electron chi connectivity index (χ4n) is 4.27. The van der Waals surface area contributed by atoms with Crippen LogP contribution in [0.1, 0.15) is 60.3 Å². The molecule has 1 aromatic heterocycles. The number of carbonyl (C=O) groups excluding carboxylic acids is 3. The molecule has 1 aliphatic rings. The quantitative estimate of drug-likeness (QED) is 0.184. The summed E-state index contributed by atoms with van der Waals surface area (Å²) in [6.45, 7) is 6.17. The van der Waals surface area contributed by atoms with E-state index < -0.39 is 23.7 Å². The van der Waals surface area contributed by atoms with Gasteiger partial charge in [0.05, 0.1) is 29.9 Å². The van der Waals surface area contributed by atoms with Gasteiger partial charge in [-0.3, -0.25) is 14.6 Å². The van der Waals surface area contributed by atoms with E-state index in [9.17, 15) is 19.5 Å². The molecule has 8 nitrogen and oxygen atoms in total. The highest BCUT2D eigenvalue weighted by Gasteiger charge is 2.46. The summed E-state index contributed by atoms with van der Waals surface area (Å²) in [6.07, 6.45) is 3.88. The molecule has 0 spiro atoms. The van der Waals surface area contributed by atoms with Gasteiger partial charge in [-0.2, -0.15) is 0 Å². The molecule has 1 fully saturated rings. The Morgan fingerprint density at radius 3 is 2.32 bits per heavy atom. The number of ketones is 1. The maximum atomic E-state index is 13.2. The van der Waals surface area contributed by atoms with Gasteiger partial charge in [-0.1, -0.05) is 25.1 Å². The molecule has 0 bridgehead atoms. The van der Waals surface area contributed by atoms with Gasteiger partial charge in [-0.15, -0.1) is 0 Å². The van der Waals surface area contributed by atoms with Gasteiger partial charge in [0, 0.05) is 24.5 Å². The number of carbonyl (C=O) groups is 3. The Kier molecular flexibility index (Phi) is 8.21. The Labute approximate surface area is 221 Å². The van der Waals surface area contributed by atoms with Crippen molar-refractivity contribution in [1.82, 2.24) is 9.88 Å². The van der Waals surface area contributed by atoms with Crippen molar-refractivity contribution in [1.29, 1.82) is 0 Å². The molecular weight excluding hydrogens is 484 g/mol. The summed E-state index contributed by atoms with van der Waals surface area (Å²) in [5.41, 5.74) is 2.08. The highest BCUT2D eigenvalue weighted by Crippen LogP contribution is 2.40. The van der Waals surface area contributed by atoms with E-state index in [1.54, 1.807) is 73.1 Å². The van der Waals surface area contributed by atoms with Crippen molar-refractivity contribution in [2.45, 2.75) is 45.9 Å². The fraction of sp³-hybridized carbons (Fsp3) is 0.267. The van der Waals surface area contributed by atoms with Gasteiger partial charge in [-0.05, 0) is 73.9 Å². The Morgan fingerprint density at radius 2 is 1.71 bits per heavy atom. The molecule has 196 valence electrons. The van der Waals surface area contributed by atoms with E-state index in [-0.39, 0.29) is 24.0 Å². The molecule has 4 rings (SSSR count). The monoisotopic (exact) mass is 514 g/mol. The average molecular weight is 515 g/mol. The molecule has 1 amide bonds. The molecule has 0 aliphatic carbocycles. The summed E-state index contributed by atoms with van der Waals surface area (Å²) >= 11 is 0. The van der Waals surface area contributed by atoms with Crippen molar-refractivity contribution in [3.63, 3.8) is 0 Å². The Morgan fingerprint density at radius 1 is 1.03 bits per heavy atom. The van der Waals surface area contributed by atoms with E-state index in [1.165, 1.54) is 4.90 Å². The number of aliphatic hydroxyl groups is 1. The van der Waals surface area contributed by atoms with Crippen LogP contribution in [0, 0.1) is 0 Å². The van der Waals surface area contributed by atoms with Crippen molar-refractivity contribution in [2.75, 3.05) is 6.61 Å². The number of nitrogens with zero attached hydrogens (tertiary/aromatic N) is 2. The van der Waals surface area contributed by atoms with E-state index in [0.717, 1.165) is 6.42 Å². The van der Waals surface area contributed by atoms with Gasteiger partial charge in [0.1, 0.15) is 11.5 Å². The summed E-state index contributed by atoms with van der Waals surface area (Å²) in [7, 11) is 0. The predicted octanol–water partition coefficient (Wildman–Crippen LogP) is 5.06. The second-order valence-corrected chi connectivity index (χ2v) is 9.24. The summed E-state index contributed by atoms with van der Waals surface area (Å²) < 4.78 is 10.8. The SMILES string of the molecule is CCCOC(=O)c1ccc(CN2C(=O)C(=O)/C(=C(/O)c3ccc(OC(C)C)cc3)C2c2cccnc2)cc1. The first kappa shape index (κ1) is 26.6. The van der Waals surface area contributed by atoms with Crippen LogP contribution in [0.25, 0.3) is 5.76 Å². The Balaban J connectivity index is 1.68. The molecule has 2 aromatic carbocycles. The number of benzene rings is 2. The molecule has 1 N–H and O–H groups in total. The number of aliphatic hydroxyl groups excluding tert-OH is 1. The minimum Gasteiger partial charge on any atom is -0.507 e. The van der Waals surface area contributed by atoms with Crippen molar-refractivity contribution in [2.24, 2.45) is 0 Å². The lowest BCUT2D eigenvalue weighted by Crippen LogP contribution is -2.29. The second-order valence-electron chi connectivity index (χ2n) is 9.24.